The first-order valence-corrected chi connectivity index (χ1v) is 7.72. The Bertz CT molecular complexity index is 509. The topological polar surface area (TPSA) is 86.6 Å². The lowest BCUT2D eigenvalue weighted by Crippen LogP contribution is -2.34. The van der Waals surface area contributed by atoms with E-state index < -0.39 is 17.5 Å². The van der Waals surface area contributed by atoms with Gasteiger partial charge in [-0.05, 0) is 23.8 Å². The van der Waals surface area contributed by atoms with Gasteiger partial charge in [-0.15, -0.1) is 0 Å². The summed E-state index contributed by atoms with van der Waals surface area (Å²) in [5.74, 6) is -1.03. The molecule has 1 atom stereocenters. The van der Waals surface area contributed by atoms with E-state index in [9.17, 15) is 14.7 Å². The van der Waals surface area contributed by atoms with Crippen molar-refractivity contribution >= 4 is 11.9 Å². The molecule has 5 nitrogen and oxygen atoms in total. The molecule has 1 aromatic rings. The Hall–Kier alpha value is -1.88. The molecular weight excluding hydrogens is 282 g/mol. The van der Waals surface area contributed by atoms with Gasteiger partial charge in [0, 0.05) is 13.0 Å². The van der Waals surface area contributed by atoms with Gasteiger partial charge in [-0.2, -0.15) is 0 Å². The summed E-state index contributed by atoms with van der Waals surface area (Å²) in [4.78, 5) is 23.1. The molecule has 5 heteroatoms. The molecule has 0 aromatic heterocycles. The lowest BCUT2D eigenvalue weighted by Gasteiger charge is -2.26. The van der Waals surface area contributed by atoms with Crippen LogP contribution in [0.3, 0.4) is 0 Å². The second-order valence-corrected chi connectivity index (χ2v) is 6.18. The van der Waals surface area contributed by atoms with Crippen LogP contribution in [-0.4, -0.2) is 28.6 Å². The third-order valence-corrected chi connectivity index (χ3v) is 4.40. The fourth-order valence-corrected chi connectivity index (χ4v) is 3.27. The second-order valence-electron chi connectivity index (χ2n) is 6.18. The summed E-state index contributed by atoms with van der Waals surface area (Å²) < 4.78 is 0. The molecule has 0 aliphatic heterocycles. The lowest BCUT2D eigenvalue weighted by molar-refractivity contribution is -0.140. The van der Waals surface area contributed by atoms with Crippen LogP contribution in [0.4, 0.5) is 0 Å². The summed E-state index contributed by atoms with van der Waals surface area (Å²) >= 11 is 0. The molecule has 1 unspecified atom stereocenters. The van der Waals surface area contributed by atoms with Gasteiger partial charge < -0.3 is 15.5 Å². The van der Waals surface area contributed by atoms with E-state index >= 15 is 0 Å². The minimum Gasteiger partial charge on any atom is -0.481 e. The summed E-state index contributed by atoms with van der Waals surface area (Å²) in [5, 5.41) is 21.8. The highest BCUT2D eigenvalue weighted by atomic mass is 16.4. The van der Waals surface area contributed by atoms with Gasteiger partial charge in [0.1, 0.15) is 0 Å². The summed E-state index contributed by atoms with van der Waals surface area (Å²) in [5.41, 5.74) is 0.345. The quantitative estimate of drug-likeness (QED) is 0.721. The average molecular weight is 305 g/mol. The van der Waals surface area contributed by atoms with Gasteiger partial charge in [-0.1, -0.05) is 43.2 Å². The molecule has 120 valence electrons. The van der Waals surface area contributed by atoms with E-state index in [-0.39, 0.29) is 25.3 Å². The number of aliphatic carboxylic acids is 1. The van der Waals surface area contributed by atoms with Crippen LogP contribution in [0, 0.1) is 5.41 Å². The highest BCUT2D eigenvalue weighted by Gasteiger charge is 2.37. The zero-order valence-corrected chi connectivity index (χ0v) is 12.6. The van der Waals surface area contributed by atoms with Crippen molar-refractivity contribution in [2.75, 3.05) is 6.54 Å². The zero-order chi connectivity index (χ0) is 16.0. The van der Waals surface area contributed by atoms with Crippen molar-refractivity contribution in [2.24, 2.45) is 5.41 Å². The van der Waals surface area contributed by atoms with E-state index in [0.717, 1.165) is 31.2 Å². The fraction of sp³-hybridized carbons (Fsp3) is 0.529. The van der Waals surface area contributed by atoms with Crippen molar-refractivity contribution in [3.05, 3.63) is 35.9 Å². The summed E-state index contributed by atoms with van der Waals surface area (Å²) in [7, 11) is 0. The smallest absolute Gasteiger partial charge is 0.303 e. The highest BCUT2D eigenvalue weighted by Crippen LogP contribution is 2.44. The molecule has 3 N–H and O–H groups in total. The van der Waals surface area contributed by atoms with Gasteiger partial charge in [0.25, 0.3) is 0 Å². The number of carboxylic acids is 1. The normalized spacial score (nSPS) is 17.9. The Morgan fingerprint density at radius 3 is 2.36 bits per heavy atom. The minimum absolute atomic E-state index is 0.0433. The number of hydrogen-bond donors (Lipinski definition) is 3. The van der Waals surface area contributed by atoms with Gasteiger partial charge in [0.15, 0.2) is 0 Å². The molecule has 0 bridgehead atoms. The highest BCUT2D eigenvalue weighted by molar-refractivity contribution is 5.78. The van der Waals surface area contributed by atoms with Gasteiger partial charge in [0.2, 0.25) is 5.91 Å². The Labute approximate surface area is 130 Å². The SMILES string of the molecule is O=C(O)CC1(CC(=O)NCC(O)c2ccccc2)CCCC1. The van der Waals surface area contributed by atoms with Crippen LogP contribution in [0.5, 0.6) is 0 Å². The Morgan fingerprint density at radius 2 is 1.77 bits per heavy atom. The van der Waals surface area contributed by atoms with Crippen LogP contribution in [0.25, 0.3) is 0 Å². The number of rotatable bonds is 7. The summed E-state index contributed by atoms with van der Waals surface area (Å²) in [6.07, 6.45) is 3.05. The number of benzene rings is 1. The van der Waals surface area contributed by atoms with E-state index in [0.29, 0.717) is 0 Å². The first-order valence-electron chi connectivity index (χ1n) is 7.72. The molecule has 0 radical (unpaired) electrons. The first-order chi connectivity index (χ1) is 10.5. The fourth-order valence-electron chi connectivity index (χ4n) is 3.27. The van der Waals surface area contributed by atoms with E-state index in [4.69, 9.17) is 5.11 Å². The second kappa shape index (κ2) is 7.40. The van der Waals surface area contributed by atoms with E-state index in [1.165, 1.54) is 0 Å². The molecule has 1 fully saturated rings. The standard InChI is InChI=1S/C17H23NO4/c19-14(13-6-2-1-3-7-13)12-18-15(20)10-17(11-16(21)22)8-4-5-9-17/h1-3,6-7,14,19H,4-5,8-12H2,(H,18,20)(H,21,22). The van der Waals surface area contributed by atoms with E-state index in [1.807, 2.05) is 18.2 Å². The maximum atomic E-state index is 12.1. The Kier molecular flexibility index (Phi) is 5.55. The molecular formula is C17H23NO4. The Balaban J connectivity index is 1.85. The monoisotopic (exact) mass is 305 g/mol. The van der Waals surface area contributed by atoms with Crippen LogP contribution in [0.15, 0.2) is 30.3 Å². The minimum atomic E-state index is -0.848. The van der Waals surface area contributed by atoms with Crippen molar-refractivity contribution in [1.29, 1.82) is 0 Å². The van der Waals surface area contributed by atoms with Crippen LogP contribution in [0.2, 0.25) is 0 Å². The van der Waals surface area contributed by atoms with Crippen molar-refractivity contribution in [2.45, 2.75) is 44.6 Å². The third-order valence-electron chi connectivity index (χ3n) is 4.40. The largest absolute Gasteiger partial charge is 0.481 e. The lowest BCUT2D eigenvalue weighted by atomic mass is 9.79. The number of carbonyl (C=O) groups is 2. The average Bonchev–Trinajstić information content (AvgIpc) is 2.92. The van der Waals surface area contributed by atoms with Crippen molar-refractivity contribution in [3.8, 4) is 0 Å². The number of amides is 1. The van der Waals surface area contributed by atoms with Crippen LogP contribution in [-0.2, 0) is 9.59 Å². The van der Waals surface area contributed by atoms with Crippen molar-refractivity contribution in [3.63, 3.8) is 0 Å². The molecule has 1 aliphatic rings. The number of carbonyl (C=O) groups excluding carboxylic acids is 1. The molecule has 1 amide bonds. The number of aliphatic hydroxyl groups excluding tert-OH is 1. The molecule has 22 heavy (non-hydrogen) atoms. The molecule has 1 aromatic carbocycles. The summed E-state index contributed by atoms with van der Waals surface area (Å²) in [6, 6.07) is 9.14. The van der Waals surface area contributed by atoms with E-state index in [1.54, 1.807) is 12.1 Å². The van der Waals surface area contributed by atoms with Crippen molar-refractivity contribution in [1.82, 2.24) is 5.32 Å². The number of nitrogens with one attached hydrogen (secondary N) is 1. The third kappa shape index (κ3) is 4.56. The number of aliphatic hydroxyl groups is 1. The van der Waals surface area contributed by atoms with Gasteiger partial charge >= 0.3 is 5.97 Å². The predicted molar refractivity (Wildman–Crippen MR) is 82.2 cm³/mol. The molecule has 1 saturated carbocycles. The van der Waals surface area contributed by atoms with E-state index in [2.05, 4.69) is 5.32 Å². The van der Waals surface area contributed by atoms with Gasteiger partial charge in [0.05, 0.1) is 12.5 Å². The predicted octanol–water partition coefficient (Wildman–Crippen LogP) is 2.26. The van der Waals surface area contributed by atoms with Crippen LogP contribution in [0.1, 0.15) is 50.2 Å². The maximum Gasteiger partial charge on any atom is 0.303 e. The first kappa shape index (κ1) is 16.5. The molecule has 0 saturated heterocycles. The summed E-state index contributed by atoms with van der Waals surface area (Å²) in [6.45, 7) is 0.145. The molecule has 1 aliphatic carbocycles. The maximum absolute atomic E-state index is 12.1. The molecule has 0 spiro atoms. The Morgan fingerprint density at radius 1 is 1.14 bits per heavy atom. The van der Waals surface area contributed by atoms with Crippen molar-refractivity contribution < 1.29 is 19.8 Å². The zero-order valence-electron chi connectivity index (χ0n) is 12.6. The number of hydrogen-bond acceptors (Lipinski definition) is 3. The van der Waals surface area contributed by atoms with Gasteiger partial charge in [-0.3, -0.25) is 9.59 Å². The van der Waals surface area contributed by atoms with Gasteiger partial charge in [-0.25, -0.2) is 0 Å². The van der Waals surface area contributed by atoms with Crippen LogP contribution < -0.4 is 5.32 Å². The number of carboxylic acid groups (broad SMARTS) is 1. The van der Waals surface area contributed by atoms with Crippen LogP contribution >= 0.6 is 0 Å². The molecule has 2 rings (SSSR count). The molecule has 0 heterocycles.